The number of rotatable bonds is 1. The Morgan fingerprint density at radius 1 is 1.50 bits per heavy atom. The molecule has 1 aliphatic carbocycles. The van der Waals surface area contributed by atoms with Gasteiger partial charge in [-0.25, -0.2) is 0 Å². The van der Waals surface area contributed by atoms with Crippen molar-refractivity contribution >= 4 is 7.85 Å². The van der Waals surface area contributed by atoms with E-state index >= 15 is 0 Å². The van der Waals surface area contributed by atoms with E-state index in [9.17, 15) is 0 Å². The van der Waals surface area contributed by atoms with Crippen molar-refractivity contribution < 1.29 is 0 Å². The van der Waals surface area contributed by atoms with Gasteiger partial charge in [-0.3, -0.25) is 0 Å². The van der Waals surface area contributed by atoms with Crippen LogP contribution in [0, 0.1) is 0 Å². The molecule has 0 aromatic carbocycles. The summed E-state index contributed by atoms with van der Waals surface area (Å²) in [7, 11) is 4.39. The molecular weight excluding hydrogens is 96.9 g/mol. The highest BCUT2D eigenvalue weighted by Gasteiger charge is 2.18. The summed E-state index contributed by atoms with van der Waals surface area (Å²) < 4.78 is 0. The molecule has 1 aliphatic rings. The van der Waals surface area contributed by atoms with Crippen molar-refractivity contribution in [1.82, 2.24) is 5.32 Å². The van der Waals surface area contributed by atoms with E-state index in [0.717, 1.165) is 11.9 Å². The van der Waals surface area contributed by atoms with Crippen LogP contribution in [0.4, 0.5) is 0 Å². The van der Waals surface area contributed by atoms with Crippen LogP contribution in [0.15, 0.2) is 0 Å². The van der Waals surface area contributed by atoms with Crippen molar-refractivity contribution in [1.29, 1.82) is 0 Å². The average Bonchev–Trinajstić information content (AvgIpc) is 2.14. The number of hydrogen-bond acceptors (Lipinski definition) is 1. The van der Waals surface area contributed by atoms with Gasteiger partial charge in [-0.1, -0.05) is 12.2 Å². The molecule has 0 radical (unpaired) electrons. The third-order valence-electron chi connectivity index (χ3n) is 2.10. The van der Waals surface area contributed by atoms with Gasteiger partial charge in [0.05, 0.1) is 0 Å². The molecule has 46 valence electrons. The summed E-state index contributed by atoms with van der Waals surface area (Å²) in [6.45, 7) is 0. The van der Waals surface area contributed by atoms with Crippen molar-refractivity contribution in [2.24, 2.45) is 0 Å². The van der Waals surface area contributed by atoms with Crippen molar-refractivity contribution in [3.63, 3.8) is 0 Å². The van der Waals surface area contributed by atoms with Crippen LogP contribution in [0.25, 0.3) is 0 Å². The zero-order valence-corrected chi connectivity index (χ0v) is 5.78. The van der Waals surface area contributed by atoms with Gasteiger partial charge in [0.25, 0.3) is 0 Å². The minimum Gasteiger partial charge on any atom is -0.317 e. The Morgan fingerprint density at radius 3 is 2.50 bits per heavy atom. The van der Waals surface area contributed by atoms with Gasteiger partial charge in [0.15, 0.2) is 0 Å². The molecule has 0 aliphatic heterocycles. The van der Waals surface area contributed by atoms with E-state index in [2.05, 4.69) is 20.2 Å². The van der Waals surface area contributed by atoms with Crippen LogP contribution in [0.5, 0.6) is 0 Å². The molecule has 0 bridgehead atoms. The standard InChI is InChI=1S/C6H14BN/c1-8-6-3-2-5(7)4-6/h5-6,8H,2-4,7H2,1H3/t5-,6+/m1/s1. The van der Waals surface area contributed by atoms with Gasteiger partial charge in [-0.2, -0.15) is 0 Å². The van der Waals surface area contributed by atoms with Crippen molar-refractivity contribution in [2.45, 2.75) is 31.1 Å². The third-order valence-corrected chi connectivity index (χ3v) is 2.10. The molecule has 0 aromatic heterocycles. The Bertz CT molecular complexity index is 74.9. The van der Waals surface area contributed by atoms with E-state index in [1.165, 1.54) is 19.3 Å². The van der Waals surface area contributed by atoms with Crippen LogP contribution in [0.3, 0.4) is 0 Å². The van der Waals surface area contributed by atoms with E-state index in [1.807, 2.05) is 0 Å². The molecular formula is C6H14BN. The molecule has 1 N–H and O–H groups in total. The first-order chi connectivity index (χ1) is 3.83. The van der Waals surface area contributed by atoms with Crippen LogP contribution in [0.1, 0.15) is 19.3 Å². The Hall–Kier alpha value is 0.0249. The van der Waals surface area contributed by atoms with Crippen LogP contribution in [0.2, 0.25) is 5.82 Å². The SMILES string of the molecule is B[C@@H]1CC[C@H](NC)C1. The maximum Gasteiger partial charge on any atom is 0.105 e. The lowest BCUT2D eigenvalue weighted by atomic mass is 9.86. The number of hydrogen-bond donors (Lipinski definition) is 1. The fourth-order valence-electron chi connectivity index (χ4n) is 1.47. The highest BCUT2D eigenvalue weighted by atomic mass is 14.9. The van der Waals surface area contributed by atoms with E-state index in [0.29, 0.717) is 0 Å². The maximum absolute atomic E-state index is 3.29. The van der Waals surface area contributed by atoms with Gasteiger partial charge in [0.1, 0.15) is 7.85 Å². The highest BCUT2D eigenvalue weighted by Crippen LogP contribution is 2.26. The normalized spacial score (nSPS) is 38.1. The summed E-state index contributed by atoms with van der Waals surface area (Å²) >= 11 is 0. The van der Waals surface area contributed by atoms with Gasteiger partial charge >= 0.3 is 0 Å². The molecule has 2 atom stereocenters. The van der Waals surface area contributed by atoms with E-state index in [1.54, 1.807) is 0 Å². The van der Waals surface area contributed by atoms with Crippen LogP contribution >= 0.6 is 0 Å². The van der Waals surface area contributed by atoms with Crippen LogP contribution < -0.4 is 5.32 Å². The second kappa shape index (κ2) is 2.54. The van der Waals surface area contributed by atoms with Gasteiger partial charge in [0, 0.05) is 6.04 Å². The first-order valence-corrected chi connectivity index (χ1v) is 3.50. The molecule has 0 saturated heterocycles. The summed E-state index contributed by atoms with van der Waals surface area (Å²) in [6, 6.07) is 0.824. The minimum atomic E-state index is 0.824. The summed E-state index contributed by atoms with van der Waals surface area (Å²) in [5.41, 5.74) is 0. The molecule has 2 heteroatoms. The lowest BCUT2D eigenvalue weighted by Gasteiger charge is -2.04. The Morgan fingerprint density at radius 2 is 2.25 bits per heavy atom. The molecule has 0 unspecified atom stereocenters. The topological polar surface area (TPSA) is 12.0 Å². The predicted molar refractivity (Wildman–Crippen MR) is 39.0 cm³/mol. The van der Waals surface area contributed by atoms with Gasteiger partial charge in [-0.05, 0) is 19.9 Å². The van der Waals surface area contributed by atoms with E-state index in [-0.39, 0.29) is 0 Å². The lowest BCUT2D eigenvalue weighted by molar-refractivity contribution is 0.582. The second-order valence-corrected chi connectivity index (χ2v) is 2.90. The summed E-state index contributed by atoms with van der Waals surface area (Å²) in [6.07, 6.45) is 4.19. The Balaban J connectivity index is 2.22. The molecule has 1 saturated carbocycles. The zero-order valence-electron chi connectivity index (χ0n) is 5.78. The summed E-state index contributed by atoms with van der Waals surface area (Å²) in [5.74, 6) is 0.965. The van der Waals surface area contributed by atoms with E-state index < -0.39 is 0 Å². The van der Waals surface area contributed by atoms with Crippen molar-refractivity contribution in [3.05, 3.63) is 0 Å². The average molecular weight is 111 g/mol. The fourth-order valence-corrected chi connectivity index (χ4v) is 1.47. The predicted octanol–water partition coefficient (Wildman–Crippen LogP) is 0.180. The molecule has 1 fully saturated rings. The maximum atomic E-state index is 3.29. The fraction of sp³-hybridized carbons (Fsp3) is 1.00. The van der Waals surface area contributed by atoms with Crippen molar-refractivity contribution in [2.75, 3.05) is 7.05 Å². The molecule has 0 heterocycles. The Kier molecular flexibility index (Phi) is 1.95. The van der Waals surface area contributed by atoms with Gasteiger partial charge in [-0.15, -0.1) is 0 Å². The smallest absolute Gasteiger partial charge is 0.105 e. The molecule has 8 heavy (non-hydrogen) atoms. The van der Waals surface area contributed by atoms with Crippen molar-refractivity contribution in [3.8, 4) is 0 Å². The monoisotopic (exact) mass is 111 g/mol. The van der Waals surface area contributed by atoms with Gasteiger partial charge < -0.3 is 5.32 Å². The van der Waals surface area contributed by atoms with Crippen LogP contribution in [-0.2, 0) is 0 Å². The zero-order chi connectivity index (χ0) is 5.98. The lowest BCUT2D eigenvalue weighted by Crippen LogP contribution is -2.20. The summed E-state index contributed by atoms with van der Waals surface area (Å²) in [5, 5.41) is 3.29. The van der Waals surface area contributed by atoms with E-state index in [4.69, 9.17) is 0 Å². The Labute approximate surface area is 52.3 Å². The van der Waals surface area contributed by atoms with Gasteiger partial charge in [0.2, 0.25) is 0 Å². The number of nitrogens with one attached hydrogen (secondary N) is 1. The molecule has 1 nitrogen and oxygen atoms in total. The molecule has 0 spiro atoms. The molecule has 1 rings (SSSR count). The quantitative estimate of drug-likeness (QED) is 0.476. The first-order valence-electron chi connectivity index (χ1n) is 3.50. The second-order valence-electron chi connectivity index (χ2n) is 2.90. The molecule has 0 aromatic rings. The largest absolute Gasteiger partial charge is 0.317 e. The van der Waals surface area contributed by atoms with Crippen LogP contribution in [-0.4, -0.2) is 20.9 Å². The first kappa shape index (κ1) is 6.15. The minimum absolute atomic E-state index is 0.824. The highest BCUT2D eigenvalue weighted by molar-refractivity contribution is 6.11. The summed E-state index contributed by atoms with van der Waals surface area (Å²) in [4.78, 5) is 0. The third kappa shape index (κ3) is 1.25. The molecule has 0 amide bonds.